The molecule has 0 fully saturated rings. The van der Waals surface area contributed by atoms with E-state index in [0.717, 1.165) is 24.2 Å². The maximum absolute atomic E-state index is 5.89. The third-order valence-electron chi connectivity index (χ3n) is 2.91. The fourth-order valence-corrected chi connectivity index (χ4v) is 2.08. The number of nitrogen functional groups attached to an aromatic ring is 1. The molecule has 0 bridgehead atoms. The van der Waals surface area contributed by atoms with E-state index in [2.05, 4.69) is 22.2 Å². The third-order valence-corrected chi connectivity index (χ3v) is 3.13. The summed E-state index contributed by atoms with van der Waals surface area (Å²) < 4.78 is 0. The number of rotatable bonds is 5. The summed E-state index contributed by atoms with van der Waals surface area (Å²) in [7, 11) is 0. The van der Waals surface area contributed by atoms with Gasteiger partial charge in [-0.15, -0.1) is 0 Å². The van der Waals surface area contributed by atoms with E-state index < -0.39 is 0 Å². The highest BCUT2D eigenvalue weighted by molar-refractivity contribution is 6.30. The summed E-state index contributed by atoms with van der Waals surface area (Å²) in [5, 5.41) is 4.04. The van der Waals surface area contributed by atoms with Crippen LogP contribution in [0.15, 0.2) is 36.7 Å². The highest BCUT2D eigenvalue weighted by Crippen LogP contribution is 2.20. The zero-order chi connectivity index (χ0) is 13.7. The molecule has 2 aromatic rings. The van der Waals surface area contributed by atoms with Gasteiger partial charge in [-0.05, 0) is 36.7 Å². The minimum absolute atomic E-state index is 0.105. The van der Waals surface area contributed by atoms with Gasteiger partial charge in [0.15, 0.2) is 0 Å². The van der Waals surface area contributed by atoms with Gasteiger partial charge in [0.25, 0.3) is 0 Å². The van der Waals surface area contributed by atoms with E-state index in [-0.39, 0.29) is 6.04 Å². The Hall–Kier alpha value is -1.65. The molecule has 0 radical (unpaired) electrons. The molecule has 2 aromatic heterocycles. The van der Waals surface area contributed by atoms with Crippen LogP contribution < -0.4 is 11.1 Å². The van der Waals surface area contributed by atoms with Crippen LogP contribution in [0, 0.1) is 0 Å². The minimum atomic E-state index is 0.105. The van der Waals surface area contributed by atoms with Crippen LogP contribution >= 0.6 is 11.6 Å². The summed E-state index contributed by atoms with van der Waals surface area (Å²) >= 11 is 5.87. The van der Waals surface area contributed by atoms with Crippen LogP contribution in [0.4, 0.5) is 5.82 Å². The molecule has 1 atom stereocenters. The maximum Gasteiger partial charge on any atom is 0.126 e. The molecule has 100 valence electrons. The van der Waals surface area contributed by atoms with Gasteiger partial charge in [-0.1, -0.05) is 24.6 Å². The molecule has 1 unspecified atom stereocenters. The van der Waals surface area contributed by atoms with E-state index in [1.807, 2.05) is 24.3 Å². The van der Waals surface area contributed by atoms with Crippen molar-refractivity contribution in [3.63, 3.8) is 0 Å². The topological polar surface area (TPSA) is 63.8 Å². The van der Waals surface area contributed by atoms with Gasteiger partial charge < -0.3 is 11.1 Å². The Balaban J connectivity index is 2.21. The Morgan fingerprint density at radius 2 is 2.16 bits per heavy atom. The number of nitrogens with two attached hydrogens (primary N) is 1. The number of aromatic nitrogens is 2. The highest BCUT2D eigenvalue weighted by Gasteiger charge is 2.14. The van der Waals surface area contributed by atoms with Crippen LogP contribution in [-0.2, 0) is 6.42 Å². The number of hydrogen-bond acceptors (Lipinski definition) is 4. The van der Waals surface area contributed by atoms with Crippen LogP contribution in [0.2, 0.25) is 5.02 Å². The Morgan fingerprint density at radius 1 is 1.32 bits per heavy atom. The summed E-state index contributed by atoms with van der Waals surface area (Å²) in [4.78, 5) is 8.48. The number of anilines is 1. The van der Waals surface area contributed by atoms with Crippen LogP contribution in [0.25, 0.3) is 0 Å². The first-order valence-electron chi connectivity index (χ1n) is 6.25. The summed E-state index contributed by atoms with van der Waals surface area (Å²) in [5.74, 6) is 0.569. The molecule has 2 heterocycles. The van der Waals surface area contributed by atoms with Crippen molar-refractivity contribution in [3.8, 4) is 0 Å². The SMILES string of the molecule is CCNC(Cc1cccnc1N)c1ccc(Cl)cn1. The zero-order valence-electron chi connectivity index (χ0n) is 10.8. The summed E-state index contributed by atoms with van der Waals surface area (Å²) in [5.41, 5.74) is 7.86. The number of nitrogens with one attached hydrogen (secondary N) is 1. The molecule has 0 saturated heterocycles. The van der Waals surface area contributed by atoms with Gasteiger partial charge in [-0.3, -0.25) is 4.98 Å². The minimum Gasteiger partial charge on any atom is -0.383 e. The van der Waals surface area contributed by atoms with Crippen LogP contribution in [0.5, 0.6) is 0 Å². The standard InChI is InChI=1S/C14H17ClN4/c1-2-17-13(12-6-5-11(15)9-19-12)8-10-4-3-7-18-14(10)16/h3-7,9,13,17H,2,8H2,1H3,(H2,16,18). The van der Waals surface area contributed by atoms with E-state index in [4.69, 9.17) is 17.3 Å². The van der Waals surface area contributed by atoms with Crippen molar-refractivity contribution in [3.05, 3.63) is 52.9 Å². The molecule has 0 aliphatic heterocycles. The van der Waals surface area contributed by atoms with Gasteiger partial charge in [0.05, 0.1) is 16.8 Å². The Morgan fingerprint density at radius 3 is 2.79 bits per heavy atom. The van der Waals surface area contributed by atoms with Crippen LogP contribution in [-0.4, -0.2) is 16.5 Å². The molecule has 0 saturated carbocycles. The molecule has 0 aliphatic rings. The summed E-state index contributed by atoms with van der Waals surface area (Å²) in [6, 6.07) is 7.77. The molecule has 0 spiro atoms. The van der Waals surface area contributed by atoms with E-state index in [9.17, 15) is 0 Å². The maximum atomic E-state index is 5.89. The molecular weight excluding hydrogens is 260 g/mol. The van der Waals surface area contributed by atoms with Crippen molar-refractivity contribution in [2.75, 3.05) is 12.3 Å². The number of hydrogen-bond donors (Lipinski definition) is 2. The van der Waals surface area contributed by atoms with Crippen molar-refractivity contribution < 1.29 is 0 Å². The monoisotopic (exact) mass is 276 g/mol. The normalized spacial score (nSPS) is 12.3. The number of nitrogens with zero attached hydrogens (tertiary/aromatic N) is 2. The third kappa shape index (κ3) is 3.66. The van der Waals surface area contributed by atoms with Gasteiger partial charge in [0, 0.05) is 12.4 Å². The van der Waals surface area contributed by atoms with Crippen LogP contribution in [0.3, 0.4) is 0 Å². The second-order valence-corrected chi connectivity index (χ2v) is 4.70. The second kappa shape index (κ2) is 6.50. The first kappa shape index (κ1) is 13.8. The largest absolute Gasteiger partial charge is 0.383 e. The van der Waals surface area contributed by atoms with Crippen molar-refractivity contribution in [2.24, 2.45) is 0 Å². The van der Waals surface area contributed by atoms with Crippen molar-refractivity contribution >= 4 is 17.4 Å². The molecular formula is C14H17ClN4. The number of halogens is 1. The lowest BCUT2D eigenvalue weighted by atomic mass is 10.0. The molecule has 3 N–H and O–H groups in total. The summed E-state index contributed by atoms with van der Waals surface area (Å²) in [6.07, 6.45) is 4.11. The molecule has 19 heavy (non-hydrogen) atoms. The average Bonchev–Trinajstić information content (AvgIpc) is 2.42. The lowest BCUT2D eigenvalue weighted by molar-refractivity contribution is 0.537. The first-order chi connectivity index (χ1) is 9.20. The number of pyridine rings is 2. The lowest BCUT2D eigenvalue weighted by Crippen LogP contribution is -2.24. The van der Waals surface area contributed by atoms with Crippen molar-refractivity contribution in [1.29, 1.82) is 0 Å². The fourth-order valence-electron chi connectivity index (χ4n) is 1.96. The van der Waals surface area contributed by atoms with Crippen molar-refractivity contribution in [1.82, 2.24) is 15.3 Å². The van der Waals surface area contributed by atoms with Gasteiger partial charge in [0.1, 0.15) is 5.82 Å². The predicted molar refractivity (Wildman–Crippen MR) is 78.0 cm³/mol. The van der Waals surface area contributed by atoms with Gasteiger partial charge in [-0.25, -0.2) is 4.98 Å². The highest BCUT2D eigenvalue weighted by atomic mass is 35.5. The molecule has 4 nitrogen and oxygen atoms in total. The van der Waals surface area contributed by atoms with Gasteiger partial charge >= 0.3 is 0 Å². The molecule has 0 aromatic carbocycles. The average molecular weight is 277 g/mol. The van der Waals surface area contributed by atoms with E-state index in [1.165, 1.54) is 0 Å². The Bertz CT molecular complexity index is 527. The number of likely N-dealkylation sites (N-methyl/N-ethyl adjacent to an activating group) is 1. The van der Waals surface area contributed by atoms with Gasteiger partial charge in [0.2, 0.25) is 0 Å². The quantitative estimate of drug-likeness (QED) is 0.881. The van der Waals surface area contributed by atoms with Gasteiger partial charge in [-0.2, -0.15) is 0 Å². The molecule has 0 aliphatic carbocycles. The zero-order valence-corrected chi connectivity index (χ0v) is 11.6. The van der Waals surface area contributed by atoms with Crippen molar-refractivity contribution in [2.45, 2.75) is 19.4 Å². The van der Waals surface area contributed by atoms with E-state index in [0.29, 0.717) is 10.8 Å². The Labute approximate surface area is 118 Å². The molecule has 5 heteroatoms. The molecule has 2 rings (SSSR count). The smallest absolute Gasteiger partial charge is 0.126 e. The first-order valence-corrected chi connectivity index (χ1v) is 6.62. The van der Waals surface area contributed by atoms with Crippen LogP contribution in [0.1, 0.15) is 24.2 Å². The fraction of sp³-hybridized carbons (Fsp3) is 0.286. The molecule has 0 amide bonds. The Kier molecular flexibility index (Phi) is 4.71. The van der Waals surface area contributed by atoms with E-state index in [1.54, 1.807) is 12.4 Å². The second-order valence-electron chi connectivity index (χ2n) is 4.26. The predicted octanol–water partition coefficient (Wildman–Crippen LogP) is 2.61. The van der Waals surface area contributed by atoms with E-state index >= 15 is 0 Å². The summed E-state index contributed by atoms with van der Waals surface area (Å²) in [6.45, 7) is 2.92. The lowest BCUT2D eigenvalue weighted by Gasteiger charge is -2.18.